The van der Waals surface area contributed by atoms with Crippen molar-refractivity contribution in [3.8, 4) is 0 Å². The molecule has 1 aliphatic heterocycles. The van der Waals surface area contributed by atoms with Crippen molar-refractivity contribution >= 4 is 0 Å². The first-order valence-electron chi connectivity index (χ1n) is 7.51. The van der Waals surface area contributed by atoms with E-state index in [1.54, 1.807) is 0 Å². The Balaban J connectivity index is 2.15. The van der Waals surface area contributed by atoms with E-state index in [0.717, 1.165) is 19.4 Å². The highest BCUT2D eigenvalue weighted by molar-refractivity contribution is 5.34. The number of hydrogen-bond acceptors (Lipinski definition) is 2. The minimum atomic E-state index is 0.432. The lowest BCUT2D eigenvalue weighted by molar-refractivity contribution is 0.0783. The van der Waals surface area contributed by atoms with Gasteiger partial charge in [-0.1, -0.05) is 25.1 Å². The van der Waals surface area contributed by atoms with E-state index in [1.807, 2.05) is 0 Å². The third-order valence-corrected chi connectivity index (χ3v) is 4.62. The second-order valence-electron chi connectivity index (χ2n) is 5.74. The number of rotatable bonds is 5. The number of benzene rings is 1. The lowest BCUT2D eigenvalue weighted by Gasteiger charge is -2.28. The molecule has 2 rings (SSSR count). The average Bonchev–Trinajstić information content (AvgIpc) is 2.87. The van der Waals surface area contributed by atoms with Gasteiger partial charge in [0.15, 0.2) is 0 Å². The van der Waals surface area contributed by atoms with E-state index in [-0.39, 0.29) is 0 Å². The van der Waals surface area contributed by atoms with Crippen LogP contribution in [-0.4, -0.2) is 25.8 Å². The van der Waals surface area contributed by atoms with Crippen LogP contribution in [-0.2, 0) is 11.2 Å². The summed E-state index contributed by atoms with van der Waals surface area (Å²) < 4.78 is 5.86. The van der Waals surface area contributed by atoms with Crippen LogP contribution in [0.25, 0.3) is 0 Å². The van der Waals surface area contributed by atoms with E-state index < -0.39 is 0 Å². The van der Waals surface area contributed by atoms with Crippen molar-refractivity contribution in [2.75, 3.05) is 13.7 Å². The molecular formula is C17H27NO. The maximum atomic E-state index is 5.86. The number of ether oxygens (including phenoxy) is 1. The Morgan fingerprint density at radius 3 is 2.58 bits per heavy atom. The first kappa shape index (κ1) is 14.5. The molecule has 0 aromatic heterocycles. The fourth-order valence-corrected chi connectivity index (χ4v) is 3.40. The van der Waals surface area contributed by atoms with Gasteiger partial charge in [0, 0.05) is 18.6 Å². The second kappa shape index (κ2) is 6.53. The first-order chi connectivity index (χ1) is 9.17. The first-order valence-corrected chi connectivity index (χ1v) is 7.51. The molecule has 0 spiro atoms. The molecule has 3 atom stereocenters. The Hall–Kier alpha value is -0.860. The van der Waals surface area contributed by atoms with Gasteiger partial charge in [-0.05, 0) is 56.8 Å². The molecule has 3 unspecified atom stereocenters. The van der Waals surface area contributed by atoms with Crippen molar-refractivity contribution in [2.45, 2.75) is 52.2 Å². The Bertz CT molecular complexity index is 395. The molecule has 1 fully saturated rings. The zero-order chi connectivity index (χ0) is 13.8. The Morgan fingerprint density at radius 1 is 1.32 bits per heavy atom. The fraction of sp³-hybridized carbons (Fsp3) is 0.647. The van der Waals surface area contributed by atoms with Gasteiger partial charge >= 0.3 is 0 Å². The van der Waals surface area contributed by atoms with E-state index in [9.17, 15) is 0 Å². The van der Waals surface area contributed by atoms with Crippen LogP contribution in [0.4, 0.5) is 0 Å². The maximum absolute atomic E-state index is 5.86. The molecule has 2 heteroatoms. The lowest BCUT2D eigenvalue weighted by atomic mass is 9.85. The summed E-state index contributed by atoms with van der Waals surface area (Å²) in [7, 11) is 2.09. The molecule has 1 aromatic carbocycles. The Morgan fingerprint density at radius 2 is 2.00 bits per heavy atom. The molecule has 0 radical (unpaired) electrons. The van der Waals surface area contributed by atoms with Gasteiger partial charge in [-0.15, -0.1) is 0 Å². The van der Waals surface area contributed by atoms with Crippen molar-refractivity contribution in [1.29, 1.82) is 0 Å². The number of aryl methyl sites for hydroxylation is 2. The van der Waals surface area contributed by atoms with E-state index in [0.29, 0.717) is 18.1 Å². The summed E-state index contributed by atoms with van der Waals surface area (Å²) in [5, 5.41) is 3.53. The monoisotopic (exact) mass is 261 g/mol. The summed E-state index contributed by atoms with van der Waals surface area (Å²) in [5.41, 5.74) is 4.32. The highest BCUT2D eigenvalue weighted by atomic mass is 16.5. The molecule has 0 aliphatic carbocycles. The van der Waals surface area contributed by atoms with Crippen molar-refractivity contribution in [1.82, 2.24) is 5.32 Å². The van der Waals surface area contributed by atoms with Crippen molar-refractivity contribution in [3.05, 3.63) is 34.9 Å². The zero-order valence-electron chi connectivity index (χ0n) is 12.7. The van der Waals surface area contributed by atoms with Crippen LogP contribution in [0.3, 0.4) is 0 Å². The summed E-state index contributed by atoms with van der Waals surface area (Å²) >= 11 is 0. The van der Waals surface area contributed by atoms with Crippen LogP contribution in [0.2, 0.25) is 0 Å². The highest BCUT2D eigenvalue weighted by Crippen LogP contribution is 2.29. The van der Waals surface area contributed by atoms with Gasteiger partial charge in [0.25, 0.3) is 0 Å². The Labute approximate surface area is 117 Å². The molecule has 1 N–H and O–H groups in total. The average molecular weight is 261 g/mol. The summed E-state index contributed by atoms with van der Waals surface area (Å²) in [6, 6.07) is 7.11. The molecular weight excluding hydrogens is 234 g/mol. The van der Waals surface area contributed by atoms with Crippen molar-refractivity contribution in [3.63, 3.8) is 0 Å². The van der Waals surface area contributed by atoms with Gasteiger partial charge in [-0.2, -0.15) is 0 Å². The Kier molecular flexibility index (Phi) is 5.00. The molecule has 1 saturated heterocycles. The van der Waals surface area contributed by atoms with Gasteiger partial charge in [0.1, 0.15) is 0 Å². The summed E-state index contributed by atoms with van der Waals surface area (Å²) in [6.45, 7) is 7.60. The van der Waals surface area contributed by atoms with Gasteiger partial charge < -0.3 is 10.1 Å². The van der Waals surface area contributed by atoms with E-state index in [2.05, 4.69) is 51.3 Å². The third-order valence-electron chi connectivity index (χ3n) is 4.62. The molecule has 106 valence electrons. The van der Waals surface area contributed by atoms with Crippen LogP contribution in [0.5, 0.6) is 0 Å². The topological polar surface area (TPSA) is 21.3 Å². The van der Waals surface area contributed by atoms with Crippen molar-refractivity contribution < 1.29 is 4.74 Å². The van der Waals surface area contributed by atoms with Gasteiger partial charge in [-0.25, -0.2) is 0 Å². The molecule has 0 amide bonds. The number of likely N-dealkylation sites (N-methyl/N-ethyl adjacent to an activating group) is 1. The van der Waals surface area contributed by atoms with Crippen LogP contribution < -0.4 is 5.32 Å². The predicted octanol–water partition coefficient (Wildman–Crippen LogP) is 3.25. The molecule has 0 saturated carbocycles. The molecule has 2 nitrogen and oxygen atoms in total. The van der Waals surface area contributed by atoms with Crippen LogP contribution in [0, 0.1) is 19.8 Å². The van der Waals surface area contributed by atoms with Crippen LogP contribution >= 0.6 is 0 Å². The van der Waals surface area contributed by atoms with E-state index in [1.165, 1.54) is 23.1 Å². The van der Waals surface area contributed by atoms with Crippen molar-refractivity contribution in [2.24, 2.45) is 5.92 Å². The standard InChI is InChI=1S/C17H27NO/c1-5-17-14(9-10-19-17)16(18-4)11-15-12(2)7-6-8-13(15)3/h6-8,14,16-18H,5,9-11H2,1-4H3. The fourth-order valence-electron chi connectivity index (χ4n) is 3.40. The molecule has 0 bridgehead atoms. The molecule has 1 heterocycles. The second-order valence-corrected chi connectivity index (χ2v) is 5.74. The summed E-state index contributed by atoms with van der Waals surface area (Å²) in [5.74, 6) is 0.647. The van der Waals surface area contributed by atoms with E-state index in [4.69, 9.17) is 4.74 Å². The summed E-state index contributed by atoms with van der Waals surface area (Å²) in [6.07, 6.45) is 3.85. The number of hydrogen-bond donors (Lipinski definition) is 1. The smallest absolute Gasteiger partial charge is 0.0616 e. The maximum Gasteiger partial charge on any atom is 0.0616 e. The summed E-state index contributed by atoms with van der Waals surface area (Å²) in [4.78, 5) is 0. The minimum absolute atomic E-state index is 0.432. The largest absolute Gasteiger partial charge is 0.378 e. The molecule has 1 aromatic rings. The van der Waals surface area contributed by atoms with Crippen LogP contribution in [0.1, 0.15) is 36.5 Å². The predicted molar refractivity (Wildman–Crippen MR) is 80.6 cm³/mol. The van der Waals surface area contributed by atoms with Gasteiger partial charge in [-0.3, -0.25) is 0 Å². The third kappa shape index (κ3) is 3.18. The molecule has 19 heavy (non-hydrogen) atoms. The van der Waals surface area contributed by atoms with Gasteiger partial charge in [0.2, 0.25) is 0 Å². The normalized spacial score (nSPS) is 24.6. The lowest BCUT2D eigenvalue weighted by Crippen LogP contribution is -2.39. The molecule has 1 aliphatic rings. The highest BCUT2D eigenvalue weighted by Gasteiger charge is 2.33. The van der Waals surface area contributed by atoms with E-state index >= 15 is 0 Å². The number of nitrogens with one attached hydrogen (secondary N) is 1. The van der Waals surface area contributed by atoms with Gasteiger partial charge in [0.05, 0.1) is 6.10 Å². The zero-order valence-corrected chi connectivity index (χ0v) is 12.7. The van der Waals surface area contributed by atoms with Crippen LogP contribution in [0.15, 0.2) is 18.2 Å². The quantitative estimate of drug-likeness (QED) is 0.878. The minimum Gasteiger partial charge on any atom is -0.378 e. The SMILES string of the molecule is CCC1OCCC1C(Cc1c(C)cccc1C)NC.